The lowest BCUT2D eigenvalue weighted by Gasteiger charge is -2.11. The molecule has 8 nitrogen and oxygen atoms in total. The summed E-state index contributed by atoms with van der Waals surface area (Å²) >= 11 is 6.34. The first-order chi connectivity index (χ1) is 11.1. The molecule has 1 saturated heterocycles. The van der Waals surface area contributed by atoms with E-state index in [2.05, 4.69) is 20.1 Å². The van der Waals surface area contributed by atoms with Gasteiger partial charge in [0.2, 0.25) is 5.82 Å². The van der Waals surface area contributed by atoms with Gasteiger partial charge in [-0.1, -0.05) is 16.8 Å². The summed E-state index contributed by atoms with van der Waals surface area (Å²) in [5.74, 6) is -0.319. The molecule has 9 heteroatoms. The zero-order valence-corrected chi connectivity index (χ0v) is 12.6. The fraction of sp³-hybridized carbons (Fsp3) is 0.286. The van der Waals surface area contributed by atoms with E-state index in [0.717, 1.165) is 5.39 Å². The van der Waals surface area contributed by atoms with E-state index < -0.39 is 12.0 Å². The number of hydrogen-bond acceptors (Lipinski definition) is 6. The monoisotopic (exact) mass is 333 g/mol. The molecule has 1 aliphatic rings. The Hall–Kier alpha value is -2.45. The molecule has 0 bridgehead atoms. The molecule has 0 aromatic carbocycles. The molecule has 0 saturated carbocycles. The van der Waals surface area contributed by atoms with Crippen LogP contribution in [0.3, 0.4) is 0 Å². The van der Waals surface area contributed by atoms with Crippen molar-refractivity contribution in [1.82, 2.24) is 25.0 Å². The number of carbonyl (C=O) groups is 1. The first kappa shape index (κ1) is 14.2. The maximum atomic E-state index is 12.3. The zero-order valence-electron chi connectivity index (χ0n) is 11.9. The van der Waals surface area contributed by atoms with Crippen molar-refractivity contribution >= 4 is 28.5 Å². The third-order valence-corrected chi connectivity index (χ3v) is 4.23. The second-order valence-electron chi connectivity index (χ2n) is 5.34. The minimum Gasteiger partial charge on any atom is -0.391 e. The van der Waals surface area contributed by atoms with Gasteiger partial charge in [0.15, 0.2) is 0 Å². The number of amides is 1. The highest BCUT2D eigenvalue weighted by Crippen LogP contribution is 2.31. The number of H-pyrrole nitrogens is 1. The molecule has 1 fully saturated rings. The average molecular weight is 334 g/mol. The minimum absolute atomic E-state index is 0.126. The van der Waals surface area contributed by atoms with Crippen molar-refractivity contribution in [3.63, 3.8) is 0 Å². The van der Waals surface area contributed by atoms with Crippen LogP contribution in [-0.2, 0) is 0 Å². The van der Waals surface area contributed by atoms with Crippen molar-refractivity contribution in [2.45, 2.75) is 12.5 Å². The number of pyridine rings is 1. The number of aliphatic hydroxyl groups is 1. The smallest absolute Gasteiger partial charge is 0.316 e. The summed E-state index contributed by atoms with van der Waals surface area (Å²) in [4.78, 5) is 25.0. The Morgan fingerprint density at radius 2 is 2.39 bits per heavy atom. The van der Waals surface area contributed by atoms with Crippen LogP contribution in [0.2, 0.25) is 5.02 Å². The van der Waals surface area contributed by atoms with Crippen LogP contribution >= 0.6 is 11.6 Å². The zero-order chi connectivity index (χ0) is 16.0. The fourth-order valence-electron chi connectivity index (χ4n) is 2.61. The topological polar surface area (TPSA) is 108 Å². The molecule has 0 spiro atoms. The number of nitrogens with zero attached hydrogens (tertiary/aromatic N) is 4. The van der Waals surface area contributed by atoms with E-state index in [9.17, 15) is 9.90 Å². The van der Waals surface area contributed by atoms with E-state index in [1.54, 1.807) is 12.3 Å². The van der Waals surface area contributed by atoms with Crippen molar-refractivity contribution in [2.75, 3.05) is 13.1 Å². The number of hydrogen-bond donors (Lipinski definition) is 2. The maximum Gasteiger partial charge on any atom is 0.316 e. The molecule has 4 heterocycles. The van der Waals surface area contributed by atoms with Crippen LogP contribution in [0, 0.1) is 0 Å². The molecule has 23 heavy (non-hydrogen) atoms. The fourth-order valence-corrected chi connectivity index (χ4v) is 2.90. The molecule has 0 aliphatic carbocycles. The highest BCUT2D eigenvalue weighted by Gasteiger charge is 2.29. The number of β-amino-alcohol motifs (C(OH)–C–C–N with tert-alkyl or cyclic N) is 1. The Kier molecular flexibility index (Phi) is 3.28. The number of aromatic nitrogens is 4. The molecule has 3 aromatic heterocycles. The van der Waals surface area contributed by atoms with E-state index in [1.165, 1.54) is 11.1 Å². The van der Waals surface area contributed by atoms with E-state index in [4.69, 9.17) is 16.1 Å². The van der Waals surface area contributed by atoms with Crippen LogP contribution in [0.5, 0.6) is 0 Å². The van der Waals surface area contributed by atoms with Crippen molar-refractivity contribution in [1.29, 1.82) is 0 Å². The number of aliphatic hydroxyl groups excluding tert-OH is 1. The number of carbonyl (C=O) groups excluding carboxylic acids is 1. The van der Waals surface area contributed by atoms with Gasteiger partial charge in [0.25, 0.3) is 0 Å². The van der Waals surface area contributed by atoms with E-state index in [1.807, 2.05) is 0 Å². The maximum absolute atomic E-state index is 12.3. The normalized spacial score (nSPS) is 18.0. The van der Waals surface area contributed by atoms with Crippen molar-refractivity contribution in [2.24, 2.45) is 0 Å². The van der Waals surface area contributed by atoms with E-state index >= 15 is 0 Å². The quantitative estimate of drug-likeness (QED) is 0.735. The first-order valence-corrected chi connectivity index (χ1v) is 7.44. The molecule has 118 valence electrons. The predicted octanol–water partition coefficient (Wildman–Crippen LogP) is 1.47. The first-order valence-electron chi connectivity index (χ1n) is 7.06. The number of rotatable bonds is 2. The number of likely N-dealkylation sites (tertiary alicyclic amines) is 1. The van der Waals surface area contributed by atoms with E-state index in [0.29, 0.717) is 29.2 Å². The van der Waals surface area contributed by atoms with Crippen LogP contribution in [0.4, 0.5) is 0 Å². The molecule has 1 atom stereocenters. The largest absolute Gasteiger partial charge is 0.391 e. The van der Waals surface area contributed by atoms with Crippen LogP contribution in [0.15, 0.2) is 23.0 Å². The van der Waals surface area contributed by atoms with Crippen molar-refractivity contribution < 1.29 is 14.4 Å². The molecule has 0 radical (unpaired) electrons. The Balaban J connectivity index is 1.66. The van der Waals surface area contributed by atoms with Gasteiger partial charge in [-0.3, -0.25) is 4.79 Å². The van der Waals surface area contributed by atoms with Gasteiger partial charge in [0, 0.05) is 30.9 Å². The minimum atomic E-state index is -0.504. The van der Waals surface area contributed by atoms with Gasteiger partial charge in [0.1, 0.15) is 5.65 Å². The summed E-state index contributed by atoms with van der Waals surface area (Å²) in [5.41, 5.74) is 1.15. The predicted molar refractivity (Wildman–Crippen MR) is 80.9 cm³/mol. The lowest BCUT2D eigenvalue weighted by molar-refractivity contribution is 0.0716. The standard InChI is InChI=1S/C14H12ClN5O3/c15-10-8-1-3-16-11(8)17-5-9(10)12-18-13(23-19-12)14(22)20-4-2-7(21)6-20/h1,3,5,7,21H,2,4,6H2,(H,16,17). The molecule has 2 N–H and O–H groups in total. The summed E-state index contributed by atoms with van der Waals surface area (Å²) in [6.07, 6.45) is 3.31. The number of fused-ring (bicyclic) bond motifs is 1. The number of halogens is 1. The number of aromatic amines is 1. The summed E-state index contributed by atoms with van der Waals surface area (Å²) in [7, 11) is 0. The van der Waals surface area contributed by atoms with Gasteiger partial charge in [0.05, 0.1) is 16.7 Å². The molecular formula is C14H12ClN5O3. The Morgan fingerprint density at radius 1 is 1.52 bits per heavy atom. The number of nitrogens with one attached hydrogen (secondary N) is 1. The Labute approximate surface area is 135 Å². The van der Waals surface area contributed by atoms with E-state index in [-0.39, 0.29) is 18.3 Å². The van der Waals surface area contributed by atoms with Gasteiger partial charge in [-0.05, 0) is 12.5 Å². The van der Waals surface area contributed by atoms with Gasteiger partial charge >= 0.3 is 11.8 Å². The SMILES string of the molecule is O=C(c1nc(-c2cnc3[nH]ccc3c2Cl)no1)N1CCC(O)C1. The van der Waals surface area contributed by atoms with Crippen LogP contribution in [0.25, 0.3) is 22.4 Å². The highest BCUT2D eigenvalue weighted by atomic mass is 35.5. The second-order valence-corrected chi connectivity index (χ2v) is 5.72. The molecule has 1 amide bonds. The van der Waals surface area contributed by atoms with Gasteiger partial charge in [-0.2, -0.15) is 4.98 Å². The van der Waals surface area contributed by atoms with Gasteiger partial charge < -0.3 is 19.5 Å². The third kappa shape index (κ3) is 2.36. The molecular weight excluding hydrogens is 322 g/mol. The van der Waals surface area contributed by atoms with Gasteiger partial charge in [-0.25, -0.2) is 4.98 Å². The van der Waals surface area contributed by atoms with Gasteiger partial charge in [-0.15, -0.1) is 0 Å². The Bertz CT molecular complexity index is 890. The summed E-state index contributed by atoms with van der Waals surface area (Å²) in [5, 5.41) is 14.5. The average Bonchev–Trinajstić information content (AvgIpc) is 3.26. The summed E-state index contributed by atoms with van der Waals surface area (Å²) in [6.45, 7) is 0.740. The second kappa shape index (κ2) is 5.32. The van der Waals surface area contributed by atoms with Crippen LogP contribution in [-0.4, -0.2) is 55.2 Å². The Morgan fingerprint density at radius 3 is 3.17 bits per heavy atom. The van der Waals surface area contributed by atoms with Crippen LogP contribution < -0.4 is 0 Å². The lowest BCUT2D eigenvalue weighted by Crippen LogP contribution is -2.29. The molecule has 1 unspecified atom stereocenters. The highest BCUT2D eigenvalue weighted by molar-refractivity contribution is 6.37. The third-order valence-electron chi connectivity index (χ3n) is 3.82. The molecule has 4 rings (SSSR count). The van der Waals surface area contributed by atoms with Crippen molar-refractivity contribution in [3.8, 4) is 11.4 Å². The molecule has 1 aliphatic heterocycles. The lowest BCUT2D eigenvalue weighted by atomic mass is 10.2. The van der Waals surface area contributed by atoms with Crippen LogP contribution in [0.1, 0.15) is 17.1 Å². The van der Waals surface area contributed by atoms with Crippen molar-refractivity contribution in [3.05, 3.63) is 29.4 Å². The summed E-state index contributed by atoms with van der Waals surface area (Å²) < 4.78 is 5.05. The summed E-state index contributed by atoms with van der Waals surface area (Å²) in [6, 6.07) is 1.80. The molecule has 3 aromatic rings.